The predicted octanol–water partition coefficient (Wildman–Crippen LogP) is 2.38. The second-order valence-electron chi connectivity index (χ2n) is 3.74. The third-order valence-electron chi connectivity index (χ3n) is 2.29. The van der Waals surface area contributed by atoms with Crippen molar-refractivity contribution in [3.05, 3.63) is 47.1 Å². The lowest BCUT2D eigenvalue weighted by Gasteiger charge is -2.09. The van der Waals surface area contributed by atoms with Gasteiger partial charge in [0.1, 0.15) is 11.0 Å². The van der Waals surface area contributed by atoms with E-state index in [-0.39, 0.29) is 15.9 Å². The maximum absolute atomic E-state index is 13.0. The number of hydrogen-bond acceptors (Lipinski definition) is 4. The molecule has 0 aliphatic rings. The standard InChI is InChI=1S/C11H9ClFN3O2S/c1-7-4-8(13)2-3-9(7)19(17,18)16-11-6-14-10(12)5-15-11/h2-6H,1H3,(H,15,16). The van der Waals surface area contributed by atoms with E-state index >= 15 is 0 Å². The fourth-order valence-electron chi connectivity index (χ4n) is 1.47. The highest BCUT2D eigenvalue weighted by atomic mass is 35.5. The third kappa shape index (κ3) is 3.18. The van der Waals surface area contributed by atoms with E-state index in [4.69, 9.17) is 11.6 Å². The molecule has 0 saturated heterocycles. The fraction of sp³-hybridized carbons (Fsp3) is 0.0909. The zero-order valence-electron chi connectivity index (χ0n) is 9.76. The summed E-state index contributed by atoms with van der Waals surface area (Å²) in [5.74, 6) is -0.462. The third-order valence-corrected chi connectivity index (χ3v) is 4.00. The summed E-state index contributed by atoms with van der Waals surface area (Å²) < 4.78 is 39.4. The summed E-state index contributed by atoms with van der Waals surface area (Å²) in [4.78, 5) is 7.46. The van der Waals surface area contributed by atoms with Gasteiger partial charge in [-0.2, -0.15) is 0 Å². The molecule has 0 aliphatic heterocycles. The van der Waals surface area contributed by atoms with Gasteiger partial charge in [0, 0.05) is 0 Å². The van der Waals surface area contributed by atoms with Crippen LogP contribution in [0.4, 0.5) is 10.2 Å². The highest BCUT2D eigenvalue weighted by Gasteiger charge is 2.17. The van der Waals surface area contributed by atoms with Crippen LogP contribution in [0.3, 0.4) is 0 Å². The molecular formula is C11H9ClFN3O2S. The van der Waals surface area contributed by atoms with Gasteiger partial charge >= 0.3 is 0 Å². The molecule has 0 saturated carbocycles. The minimum atomic E-state index is -3.84. The van der Waals surface area contributed by atoms with Crippen molar-refractivity contribution in [3.8, 4) is 0 Å². The van der Waals surface area contributed by atoms with E-state index in [1.807, 2.05) is 0 Å². The second-order valence-corrected chi connectivity index (χ2v) is 5.78. The topological polar surface area (TPSA) is 72.0 Å². The van der Waals surface area contributed by atoms with Crippen molar-refractivity contribution in [2.45, 2.75) is 11.8 Å². The monoisotopic (exact) mass is 301 g/mol. The summed E-state index contributed by atoms with van der Waals surface area (Å²) in [7, 11) is -3.84. The molecular weight excluding hydrogens is 293 g/mol. The quantitative estimate of drug-likeness (QED) is 0.945. The number of sulfonamides is 1. The van der Waals surface area contributed by atoms with Crippen LogP contribution in [0.15, 0.2) is 35.5 Å². The molecule has 1 N–H and O–H groups in total. The molecule has 0 unspecified atom stereocenters. The number of nitrogens with one attached hydrogen (secondary N) is 1. The summed E-state index contributed by atoms with van der Waals surface area (Å²) in [5.41, 5.74) is 0.300. The molecule has 0 bridgehead atoms. The van der Waals surface area contributed by atoms with Crippen molar-refractivity contribution in [3.63, 3.8) is 0 Å². The smallest absolute Gasteiger partial charge is 0.262 e. The van der Waals surface area contributed by atoms with E-state index in [2.05, 4.69) is 14.7 Å². The summed E-state index contributed by atoms with van der Waals surface area (Å²) in [6.45, 7) is 1.51. The second kappa shape index (κ2) is 5.10. The van der Waals surface area contributed by atoms with Crippen LogP contribution in [-0.2, 0) is 10.0 Å². The molecule has 0 fully saturated rings. The van der Waals surface area contributed by atoms with Gasteiger partial charge in [0.15, 0.2) is 5.82 Å². The first-order chi connectivity index (χ1) is 8.88. The number of anilines is 1. The van der Waals surface area contributed by atoms with Gasteiger partial charge in [0.2, 0.25) is 0 Å². The molecule has 0 spiro atoms. The van der Waals surface area contributed by atoms with Crippen LogP contribution in [-0.4, -0.2) is 18.4 Å². The summed E-state index contributed by atoms with van der Waals surface area (Å²) in [6.07, 6.45) is 2.41. The highest BCUT2D eigenvalue weighted by Crippen LogP contribution is 2.19. The van der Waals surface area contributed by atoms with Crippen molar-refractivity contribution in [1.29, 1.82) is 0 Å². The van der Waals surface area contributed by atoms with E-state index in [9.17, 15) is 12.8 Å². The number of hydrogen-bond donors (Lipinski definition) is 1. The molecule has 5 nitrogen and oxygen atoms in total. The Morgan fingerprint density at radius 2 is 2.00 bits per heavy atom. The SMILES string of the molecule is Cc1cc(F)ccc1S(=O)(=O)Nc1cnc(Cl)cn1. The van der Waals surface area contributed by atoms with Gasteiger partial charge < -0.3 is 0 Å². The lowest BCUT2D eigenvalue weighted by Crippen LogP contribution is -2.15. The minimum absolute atomic E-state index is 0.0225. The van der Waals surface area contributed by atoms with Crippen LogP contribution >= 0.6 is 11.6 Å². The van der Waals surface area contributed by atoms with Gasteiger partial charge in [0.05, 0.1) is 17.3 Å². The Balaban J connectivity index is 2.35. The van der Waals surface area contributed by atoms with Gasteiger partial charge in [-0.05, 0) is 30.7 Å². The zero-order chi connectivity index (χ0) is 14.0. The van der Waals surface area contributed by atoms with Crippen LogP contribution in [0.2, 0.25) is 5.15 Å². The largest absolute Gasteiger partial charge is 0.263 e. The Morgan fingerprint density at radius 3 is 2.58 bits per heavy atom. The number of benzene rings is 1. The molecule has 1 aromatic heterocycles. The Bertz CT molecular complexity index is 704. The molecule has 0 radical (unpaired) electrons. The number of aryl methyl sites for hydroxylation is 1. The van der Waals surface area contributed by atoms with E-state index in [0.29, 0.717) is 5.56 Å². The van der Waals surface area contributed by atoms with Gasteiger partial charge in [0.25, 0.3) is 10.0 Å². The summed E-state index contributed by atoms with van der Waals surface area (Å²) in [6, 6.07) is 3.41. The maximum Gasteiger partial charge on any atom is 0.263 e. The molecule has 1 heterocycles. The van der Waals surface area contributed by atoms with E-state index < -0.39 is 15.8 Å². The van der Waals surface area contributed by atoms with E-state index in [1.165, 1.54) is 25.4 Å². The molecule has 2 aromatic rings. The number of nitrogens with zero attached hydrogens (tertiary/aromatic N) is 2. The molecule has 100 valence electrons. The van der Waals surface area contributed by atoms with Crippen molar-refractivity contribution < 1.29 is 12.8 Å². The van der Waals surface area contributed by atoms with Crippen LogP contribution in [0, 0.1) is 12.7 Å². The van der Waals surface area contributed by atoms with E-state index in [1.54, 1.807) is 0 Å². The molecule has 0 amide bonds. The predicted molar refractivity (Wildman–Crippen MR) is 69.0 cm³/mol. The molecule has 0 atom stereocenters. The average Bonchev–Trinajstić information content (AvgIpc) is 2.31. The van der Waals surface area contributed by atoms with Gasteiger partial charge in [-0.3, -0.25) is 4.72 Å². The van der Waals surface area contributed by atoms with Crippen molar-refractivity contribution >= 4 is 27.4 Å². The zero-order valence-corrected chi connectivity index (χ0v) is 11.3. The molecule has 2 rings (SSSR count). The first kappa shape index (κ1) is 13.7. The van der Waals surface area contributed by atoms with Gasteiger partial charge in [-0.15, -0.1) is 0 Å². The van der Waals surface area contributed by atoms with Gasteiger partial charge in [-0.25, -0.2) is 22.8 Å². The highest BCUT2D eigenvalue weighted by molar-refractivity contribution is 7.92. The van der Waals surface area contributed by atoms with Crippen LogP contribution < -0.4 is 4.72 Å². The Kier molecular flexibility index (Phi) is 3.68. The molecule has 1 aromatic carbocycles. The lowest BCUT2D eigenvalue weighted by molar-refractivity contribution is 0.598. The van der Waals surface area contributed by atoms with Crippen molar-refractivity contribution in [2.75, 3.05) is 4.72 Å². The molecule has 8 heteroatoms. The normalized spacial score (nSPS) is 11.3. The summed E-state index contributed by atoms with van der Waals surface area (Å²) in [5, 5.41) is 0.154. The number of aromatic nitrogens is 2. The Morgan fingerprint density at radius 1 is 1.26 bits per heavy atom. The lowest BCUT2D eigenvalue weighted by atomic mass is 10.2. The number of halogens is 2. The van der Waals surface area contributed by atoms with Gasteiger partial charge in [-0.1, -0.05) is 11.6 Å². The van der Waals surface area contributed by atoms with Crippen LogP contribution in [0.25, 0.3) is 0 Å². The van der Waals surface area contributed by atoms with Crippen LogP contribution in [0.5, 0.6) is 0 Å². The minimum Gasteiger partial charge on any atom is -0.262 e. The summed E-state index contributed by atoms with van der Waals surface area (Å²) >= 11 is 5.55. The van der Waals surface area contributed by atoms with Crippen LogP contribution in [0.1, 0.15) is 5.56 Å². The molecule has 19 heavy (non-hydrogen) atoms. The van der Waals surface area contributed by atoms with Crippen molar-refractivity contribution in [2.24, 2.45) is 0 Å². The average molecular weight is 302 g/mol. The van der Waals surface area contributed by atoms with Crippen molar-refractivity contribution in [1.82, 2.24) is 9.97 Å². The molecule has 0 aliphatic carbocycles. The fourth-order valence-corrected chi connectivity index (χ4v) is 2.79. The Hall–Kier alpha value is -1.73. The Labute approximate surface area is 114 Å². The maximum atomic E-state index is 13.0. The first-order valence-electron chi connectivity index (χ1n) is 5.15. The first-order valence-corrected chi connectivity index (χ1v) is 7.01. The van der Waals surface area contributed by atoms with E-state index in [0.717, 1.165) is 12.1 Å². The number of rotatable bonds is 3.